The second-order valence-corrected chi connectivity index (χ2v) is 10.2. The van der Waals surface area contributed by atoms with Crippen molar-refractivity contribution in [2.24, 2.45) is 0 Å². The highest BCUT2D eigenvalue weighted by atomic mass is 32.2. The average Bonchev–Trinajstić information content (AvgIpc) is 3.23. The Balaban J connectivity index is 1.58. The van der Waals surface area contributed by atoms with Crippen LogP contribution in [0.4, 0.5) is 0 Å². The molecule has 0 saturated carbocycles. The van der Waals surface area contributed by atoms with Gasteiger partial charge in [0.05, 0.1) is 25.5 Å². The molecule has 2 aromatic carbocycles. The molecule has 33 heavy (non-hydrogen) atoms. The first kappa shape index (κ1) is 23.0. The van der Waals surface area contributed by atoms with Crippen molar-refractivity contribution in [3.8, 4) is 17.0 Å². The number of aromatic nitrogens is 2. The van der Waals surface area contributed by atoms with Gasteiger partial charge in [-0.15, -0.1) is 0 Å². The van der Waals surface area contributed by atoms with E-state index in [1.807, 2.05) is 54.6 Å². The van der Waals surface area contributed by atoms with E-state index in [2.05, 4.69) is 5.32 Å². The van der Waals surface area contributed by atoms with Gasteiger partial charge in [0.1, 0.15) is 11.4 Å². The molecule has 1 fully saturated rings. The van der Waals surface area contributed by atoms with Crippen molar-refractivity contribution in [3.05, 3.63) is 71.9 Å². The molecule has 1 aliphatic rings. The Morgan fingerprint density at radius 3 is 2.52 bits per heavy atom. The first-order chi connectivity index (χ1) is 15.8. The second-order valence-electron chi connectivity index (χ2n) is 8.22. The molecule has 9 heteroatoms. The summed E-state index contributed by atoms with van der Waals surface area (Å²) in [5.41, 5.74) is 2.93. The maximum atomic E-state index is 13.3. The number of sulfonamides is 1. The summed E-state index contributed by atoms with van der Waals surface area (Å²) in [6, 6.07) is 17.3. The Kier molecular flexibility index (Phi) is 6.80. The predicted octanol–water partition coefficient (Wildman–Crippen LogP) is 2.76. The molecule has 0 aliphatic carbocycles. The molecule has 2 heterocycles. The van der Waals surface area contributed by atoms with Crippen molar-refractivity contribution in [1.29, 1.82) is 0 Å². The van der Waals surface area contributed by atoms with Gasteiger partial charge in [-0.2, -0.15) is 5.10 Å². The van der Waals surface area contributed by atoms with E-state index in [1.54, 1.807) is 18.0 Å². The molecule has 0 bridgehead atoms. The van der Waals surface area contributed by atoms with E-state index in [1.165, 1.54) is 10.6 Å². The summed E-state index contributed by atoms with van der Waals surface area (Å²) < 4.78 is 32.1. The van der Waals surface area contributed by atoms with Crippen LogP contribution in [0.25, 0.3) is 11.3 Å². The summed E-state index contributed by atoms with van der Waals surface area (Å²) in [5.74, 6) is 0.467. The van der Waals surface area contributed by atoms with Crippen LogP contribution in [0.15, 0.2) is 60.8 Å². The van der Waals surface area contributed by atoms with Gasteiger partial charge in [0.2, 0.25) is 10.0 Å². The SMILES string of the molecule is COc1cccc(-c2nn(Cc3ccccc3)cc2C(=O)NC2CCN(S(C)(=O)=O)CC2)c1. The normalized spacial score (nSPS) is 15.3. The van der Waals surface area contributed by atoms with E-state index >= 15 is 0 Å². The van der Waals surface area contributed by atoms with Crippen LogP contribution in [0.1, 0.15) is 28.8 Å². The smallest absolute Gasteiger partial charge is 0.255 e. The quantitative estimate of drug-likeness (QED) is 0.576. The molecule has 1 aromatic heterocycles. The van der Waals surface area contributed by atoms with Crippen LogP contribution < -0.4 is 10.1 Å². The molecule has 3 aromatic rings. The minimum absolute atomic E-state index is 0.0915. The molecular weight excluding hydrogens is 440 g/mol. The molecule has 1 saturated heterocycles. The molecule has 0 radical (unpaired) electrons. The lowest BCUT2D eigenvalue weighted by Gasteiger charge is -2.30. The van der Waals surface area contributed by atoms with Crippen LogP contribution >= 0.6 is 0 Å². The number of hydrogen-bond donors (Lipinski definition) is 1. The Morgan fingerprint density at radius 1 is 1.12 bits per heavy atom. The minimum Gasteiger partial charge on any atom is -0.497 e. The van der Waals surface area contributed by atoms with E-state index in [0.717, 1.165) is 11.1 Å². The summed E-state index contributed by atoms with van der Waals surface area (Å²) in [6.07, 6.45) is 4.13. The maximum Gasteiger partial charge on any atom is 0.255 e. The molecule has 174 valence electrons. The van der Waals surface area contributed by atoms with Gasteiger partial charge < -0.3 is 10.1 Å². The van der Waals surface area contributed by atoms with Crippen LogP contribution in [0.5, 0.6) is 5.75 Å². The van der Waals surface area contributed by atoms with Crippen molar-refractivity contribution in [2.45, 2.75) is 25.4 Å². The third kappa shape index (κ3) is 5.61. The highest BCUT2D eigenvalue weighted by molar-refractivity contribution is 7.88. The fraction of sp³-hybridized carbons (Fsp3) is 0.333. The molecule has 0 atom stereocenters. The first-order valence-corrected chi connectivity index (χ1v) is 12.7. The third-order valence-electron chi connectivity index (χ3n) is 5.80. The van der Waals surface area contributed by atoms with E-state index < -0.39 is 10.0 Å². The molecular formula is C24H28N4O4S. The van der Waals surface area contributed by atoms with Gasteiger partial charge >= 0.3 is 0 Å². The Bertz CT molecular complexity index is 1220. The summed E-state index contributed by atoms with van der Waals surface area (Å²) in [4.78, 5) is 13.3. The monoisotopic (exact) mass is 468 g/mol. The van der Waals surface area contributed by atoms with Gasteiger partial charge in [0.25, 0.3) is 5.91 Å². The highest BCUT2D eigenvalue weighted by Gasteiger charge is 2.27. The van der Waals surface area contributed by atoms with Gasteiger partial charge in [0, 0.05) is 30.9 Å². The van der Waals surface area contributed by atoms with Gasteiger partial charge in [-0.3, -0.25) is 9.48 Å². The van der Waals surface area contributed by atoms with Crippen LogP contribution in [0, 0.1) is 0 Å². The lowest BCUT2D eigenvalue weighted by atomic mass is 10.0. The number of rotatable bonds is 7. The Labute approximate surface area is 194 Å². The van der Waals surface area contributed by atoms with Gasteiger partial charge in [-0.25, -0.2) is 12.7 Å². The number of carbonyl (C=O) groups is 1. The van der Waals surface area contributed by atoms with Crippen LogP contribution in [0.3, 0.4) is 0 Å². The molecule has 0 spiro atoms. The zero-order valence-corrected chi connectivity index (χ0v) is 19.6. The Morgan fingerprint density at radius 2 is 1.85 bits per heavy atom. The third-order valence-corrected chi connectivity index (χ3v) is 7.10. The first-order valence-electron chi connectivity index (χ1n) is 10.9. The fourth-order valence-corrected chi connectivity index (χ4v) is 4.89. The number of ether oxygens (including phenoxy) is 1. The van der Waals surface area contributed by atoms with Crippen molar-refractivity contribution >= 4 is 15.9 Å². The molecule has 1 aliphatic heterocycles. The van der Waals surface area contributed by atoms with Gasteiger partial charge in [-0.05, 0) is 30.5 Å². The zero-order chi connectivity index (χ0) is 23.4. The molecule has 0 unspecified atom stereocenters. The van der Waals surface area contributed by atoms with E-state index in [-0.39, 0.29) is 11.9 Å². The van der Waals surface area contributed by atoms with E-state index in [0.29, 0.717) is 49.5 Å². The fourth-order valence-electron chi connectivity index (χ4n) is 4.02. The number of nitrogens with zero attached hydrogens (tertiary/aromatic N) is 3. The molecule has 1 N–H and O–H groups in total. The maximum absolute atomic E-state index is 13.3. The van der Waals surface area contributed by atoms with Crippen molar-refractivity contribution < 1.29 is 17.9 Å². The number of piperidine rings is 1. The van der Waals surface area contributed by atoms with Crippen molar-refractivity contribution in [3.63, 3.8) is 0 Å². The highest BCUT2D eigenvalue weighted by Crippen LogP contribution is 2.26. The van der Waals surface area contributed by atoms with Gasteiger partial charge in [0.15, 0.2) is 0 Å². The number of hydrogen-bond acceptors (Lipinski definition) is 5. The summed E-state index contributed by atoms with van der Waals surface area (Å²) >= 11 is 0. The molecule has 4 rings (SSSR count). The van der Waals surface area contributed by atoms with Crippen LogP contribution in [0.2, 0.25) is 0 Å². The standard InChI is InChI=1S/C24H28N4O4S/c1-32-21-10-6-9-19(15-21)23-22(17-27(26-23)16-18-7-4-3-5-8-18)24(29)25-20-11-13-28(14-12-20)33(2,30)31/h3-10,15,17,20H,11-14,16H2,1-2H3,(H,25,29). The number of benzene rings is 2. The largest absolute Gasteiger partial charge is 0.497 e. The van der Waals surface area contributed by atoms with Gasteiger partial charge in [-0.1, -0.05) is 42.5 Å². The average molecular weight is 469 g/mol. The minimum atomic E-state index is -3.21. The topological polar surface area (TPSA) is 93.5 Å². The summed E-state index contributed by atoms with van der Waals surface area (Å²) in [6.45, 7) is 1.34. The van der Waals surface area contributed by atoms with E-state index in [9.17, 15) is 13.2 Å². The molecule has 8 nitrogen and oxygen atoms in total. The number of nitrogens with one attached hydrogen (secondary N) is 1. The predicted molar refractivity (Wildman–Crippen MR) is 127 cm³/mol. The lowest BCUT2D eigenvalue weighted by Crippen LogP contribution is -2.46. The number of amides is 1. The number of methoxy groups -OCH3 is 1. The van der Waals surface area contributed by atoms with E-state index in [4.69, 9.17) is 9.84 Å². The van der Waals surface area contributed by atoms with Crippen molar-refractivity contribution in [1.82, 2.24) is 19.4 Å². The lowest BCUT2D eigenvalue weighted by molar-refractivity contribution is 0.0924. The summed E-state index contributed by atoms with van der Waals surface area (Å²) in [5, 5.41) is 7.80. The molecule has 1 amide bonds. The summed E-state index contributed by atoms with van der Waals surface area (Å²) in [7, 11) is -1.61. The zero-order valence-electron chi connectivity index (χ0n) is 18.8. The van der Waals surface area contributed by atoms with Crippen LogP contribution in [-0.2, 0) is 16.6 Å². The van der Waals surface area contributed by atoms with Crippen molar-refractivity contribution in [2.75, 3.05) is 26.5 Å². The van der Waals surface area contributed by atoms with Crippen LogP contribution in [-0.4, -0.2) is 60.9 Å². The second kappa shape index (κ2) is 9.76. The number of carbonyl (C=O) groups excluding carboxylic acids is 1. The Hall–Kier alpha value is -3.17.